The molecule has 0 aliphatic rings. The third-order valence-electron chi connectivity index (χ3n) is 3.67. The normalized spacial score (nSPS) is 10.4. The molecule has 0 aliphatic carbocycles. The van der Waals surface area contributed by atoms with E-state index in [2.05, 4.69) is 15.6 Å². The predicted molar refractivity (Wildman–Crippen MR) is 96.8 cm³/mol. The molecule has 0 saturated heterocycles. The maximum Gasteiger partial charge on any atom is 0.382 e. The molecule has 2 heterocycles. The number of nitro groups is 1. The zero-order valence-corrected chi connectivity index (χ0v) is 15.6. The first-order valence-electron chi connectivity index (χ1n) is 8.32. The minimum absolute atomic E-state index is 0.0472. The highest BCUT2D eigenvalue weighted by molar-refractivity contribution is 6.03. The molecular formula is C16H20N6O6. The minimum Gasteiger partial charge on any atom is -0.466 e. The summed E-state index contributed by atoms with van der Waals surface area (Å²) in [5.74, 6) is -2.08. The predicted octanol–water partition coefficient (Wildman–Crippen LogP) is 0.602. The highest BCUT2D eigenvalue weighted by Gasteiger charge is 2.24. The van der Waals surface area contributed by atoms with Crippen LogP contribution in [-0.2, 0) is 23.6 Å². The van der Waals surface area contributed by atoms with Crippen LogP contribution in [0.1, 0.15) is 34.5 Å². The molecule has 2 aromatic heterocycles. The van der Waals surface area contributed by atoms with Crippen molar-refractivity contribution < 1.29 is 24.0 Å². The molecule has 0 atom stereocenters. The van der Waals surface area contributed by atoms with Gasteiger partial charge >= 0.3 is 23.5 Å². The topological polar surface area (TPSA) is 150 Å². The van der Waals surface area contributed by atoms with E-state index in [0.717, 1.165) is 6.20 Å². The lowest BCUT2D eigenvalue weighted by Crippen LogP contribution is -2.28. The molecule has 0 unspecified atom stereocenters. The van der Waals surface area contributed by atoms with E-state index < -0.39 is 28.5 Å². The standard InChI is InChI=1S/C16H20N6O6/c1-4-28-13(23)5-6-17-15(24)11-7-10(8-20(11)2)18-16(25)14-19-12(22(26)27)9-21(14)3/h7-9H,4-6H2,1-3H3,(H,17,24)(H,18,25). The number of nitrogens with zero attached hydrogens (tertiary/aromatic N) is 4. The number of carbonyl (C=O) groups excluding carboxylic acids is 3. The van der Waals surface area contributed by atoms with Crippen molar-refractivity contribution in [1.29, 1.82) is 0 Å². The molecule has 0 bridgehead atoms. The summed E-state index contributed by atoms with van der Waals surface area (Å²) in [4.78, 5) is 49.5. The van der Waals surface area contributed by atoms with Gasteiger partial charge in [0.25, 0.3) is 5.91 Å². The number of anilines is 1. The smallest absolute Gasteiger partial charge is 0.382 e. The summed E-state index contributed by atoms with van der Waals surface area (Å²) in [5.41, 5.74) is 0.568. The van der Waals surface area contributed by atoms with Gasteiger partial charge in [0.05, 0.1) is 18.7 Å². The average Bonchev–Trinajstić information content (AvgIpc) is 3.18. The molecule has 0 fully saturated rings. The number of ether oxygens (including phenoxy) is 1. The molecule has 2 N–H and O–H groups in total. The maximum atomic E-state index is 12.3. The lowest BCUT2D eigenvalue weighted by atomic mass is 10.3. The van der Waals surface area contributed by atoms with Crippen molar-refractivity contribution >= 4 is 29.3 Å². The van der Waals surface area contributed by atoms with Crippen molar-refractivity contribution in [2.75, 3.05) is 18.5 Å². The van der Waals surface area contributed by atoms with Gasteiger partial charge in [0.2, 0.25) is 0 Å². The summed E-state index contributed by atoms with van der Waals surface area (Å²) >= 11 is 0. The first-order chi connectivity index (χ1) is 13.2. The molecular weight excluding hydrogens is 372 g/mol. The van der Waals surface area contributed by atoms with E-state index in [0.29, 0.717) is 5.69 Å². The van der Waals surface area contributed by atoms with E-state index in [1.807, 2.05) is 0 Å². The first kappa shape index (κ1) is 20.6. The Labute approximate surface area is 159 Å². The van der Waals surface area contributed by atoms with Gasteiger partial charge in [-0.1, -0.05) is 0 Å². The molecule has 2 aromatic rings. The van der Waals surface area contributed by atoms with Crippen LogP contribution in [-0.4, -0.2) is 50.0 Å². The Balaban J connectivity index is 2.01. The number of rotatable bonds is 8. The zero-order valence-electron chi connectivity index (χ0n) is 15.6. The lowest BCUT2D eigenvalue weighted by Gasteiger charge is -2.05. The number of amides is 2. The monoisotopic (exact) mass is 392 g/mol. The van der Waals surface area contributed by atoms with E-state index in [4.69, 9.17) is 4.74 Å². The van der Waals surface area contributed by atoms with Crippen LogP contribution in [0.2, 0.25) is 0 Å². The first-order valence-corrected chi connectivity index (χ1v) is 8.32. The third-order valence-corrected chi connectivity index (χ3v) is 3.67. The molecule has 150 valence electrons. The Morgan fingerprint density at radius 3 is 2.54 bits per heavy atom. The van der Waals surface area contributed by atoms with Gasteiger partial charge in [-0.05, 0) is 22.9 Å². The van der Waals surface area contributed by atoms with E-state index in [1.54, 1.807) is 14.0 Å². The number of hydrogen-bond donors (Lipinski definition) is 2. The highest BCUT2D eigenvalue weighted by atomic mass is 16.6. The van der Waals surface area contributed by atoms with Crippen LogP contribution in [0.4, 0.5) is 11.5 Å². The van der Waals surface area contributed by atoms with E-state index >= 15 is 0 Å². The quantitative estimate of drug-likeness (QED) is 0.379. The largest absolute Gasteiger partial charge is 0.466 e. The molecule has 0 spiro atoms. The summed E-state index contributed by atoms with van der Waals surface area (Å²) in [6, 6.07) is 1.44. The van der Waals surface area contributed by atoms with Gasteiger partial charge in [-0.3, -0.25) is 14.4 Å². The summed E-state index contributed by atoms with van der Waals surface area (Å²) in [7, 11) is 3.07. The Hall–Kier alpha value is -3.70. The van der Waals surface area contributed by atoms with Crippen LogP contribution in [0.3, 0.4) is 0 Å². The second kappa shape index (κ2) is 8.79. The van der Waals surface area contributed by atoms with Crippen molar-refractivity contribution in [3.8, 4) is 0 Å². The highest BCUT2D eigenvalue weighted by Crippen LogP contribution is 2.15. The Kier molecular flexibility index (Phi) is 6.47. The number of hydrogen-bond acceptors (Lipinski definition) is 7. The van der Waals surface area contributed by atoms with Crippen molar-refractivity contribution in [1.82, 2.24) is 19.4 Å². The number of esters is 1. The fourth-order valence-electron chi connectivity index (χ4n) is 2.40. The average molecular weight is 392 g/mol. The summed E-state index contributed by atoms with van der Waals surface area (Å²) < 4.78 is 7.51. The number of aryl methyl sites for hydroxylation is 2. The summed E-state index contributed by atoms with van der Waals surface area (Å²) in [5, 5.41) is 15.9. The number of carbonyl (C=O) groups is 3. The second-order valence-corrected chi connectivity index (χ2v) is 5.78. The van der Waals surface area contributed by atoms with Gasteiger partial charge in [-0.15, -0.1) is 0 Å². The molecule has 2 amide bonds. The summed E-state index contributed by atoms with van der Waals surface area (Å²) in [6.45, 7) is 2.08. The fraction of sp³-hybridized carbons (Fsp3) is 0.375. The van der Waals surface area contributed by atoms with E-state index in [-0.39, 0.29) is 31.1 Å². The Bertz CT molecular complexity index is 915. The van der Waals surface area contributed by atoms with Crippen LogP contribution in [0.5, 0.6) is 0 Å². The van der Waals surface area contributed by atoms with Gasteiger partial charge in [0.15, 0.2) is 0 Å². The molecule has 0 radical (unpaired) electrons. The van der Waals surface area contributed by atoms with Gasteiger partial charge in [-0.25, -0.2) is 0 Å². The van der Waals surface area contributed by atoms with Crippen molar-refractivity contribution in [2.45, 2.75) is 13.3 Å². The van der Waals surface area contributed by atoms with Crippen LogP contribution in [0, 0.1) is 10.1 Å². The zero-order chi connectivity index (χ0) is 20.8. The summed E-state index contributed by atoms with van der Waals surface area (Å²) in [6.07, 6.45) is 2.68. The number of imidazole rings is 1. The molecule has 0 aromatic carbocycles. The maximum absolute atomic E-state index is 12.3. The number of nitrogens with one attached hydrogen (secondary N) is 2. The van der Waals surface area contributed by atoms with Crippen molar-refractivity contribution in [3.63, 3.8) is 0 Å². The fourth-order valence-corrected chi connectivity index (χ4v) is 2.40. The van der Waals surface area contributed by atoms with Gasteiger partial charge < -0.3 is 34.6 Å². The number of aromatic nitrogens is 3. The molecule has 12 nitrogen and oxygen atoms in total. The molecule has 12 heteroatoms. The molecule has 0 aliphatic heterocycles. The van der Waals surface area contributed by atoms with Crippen LogP contribution >= 0.6 is 0 Å². The van der Waals surface area contributed by atoms with Gasteiger partial charge in [-0.2, -0.15) is 0 Å². The van der Waals surface area contributed by atoms with E-state index in [1.165, 1.54) is 28.4 Å². The third kappa shape index (κ3) is 4.93. The SMILES string of the molecule is CCOC(=O)CCNC(=O)c1cc(NC(=O)c2nc([N+](=O)[O-])cn2C)cn1C. The Morgan fingerprint density at radius 1 is 1.21 bits per heavy atom. The van der Waals surface area contributed by atoms with Crippen LogP contribution in [0.15, 0.2) is 18.5 Å². The van der Waals surface area contributed by atoms with E-state index in [9.17, 15) is 24.5 Å². The van der Waals surface area contributed by atoms with Gasteiger partial charge in [0.1, 0.15) is 11.9 Å². The molecule has 0 saturated carbocycles. The molecule has 28 heavy (non-hydrogen) atoms. The van der Waals surface area contributed by atoms with Crippen molar-refractivity contribution in [3.05, 3.63) is 40.1 Å². The van der Waals surface area contributed by atoms with Crippen molar-refractivity contribution in [2.24, 2.45) is 14.1 Å². The Morgan fingerprint density at radius 2 is 1.93 bits per heavy atom. The minimum atomic E-state index is -0.696. The molecule has 2 rings (SSSR count). The van der Waals surface area contributed by atoms with Gasteiger partial charge in [0, 0.05) is 26.8 Å². The second-order valence-electron chi connectivity index (χ2n) is 5.78. The lowest BCUT2D eigenvalue weighted by molar-refractivity contribution is -0.389. The van der Waals surface area contributed by atoms with Crippen LogP contribution < -0.4 is 10.6 Å². The van der Waals surface area contributed by atoms with Crippen LogP contribution in [0.25, 0.3) is 0 Å².